The number of hydrogen-bond donors (Lipinski definition) is 0. The Balaban J connectivity index is 2.54. The van der Waals surface area contributed by atoms with Gasteiger partial charge in [-0.25, -0.2) is 0 Å². The van der Waals surface area contributed by atoms with Crippen LogP contribution in [0.3, 0.4) is 0 Å². The van der Waals surface area contributed by atoms with Crippen molar-refractivity contribution >= 4 is 0 Å². The van der Waals surface area contributed by atoms with Crippen LogP contribution in [0.25, 0.3) is 0 Å². The molecule has 0 aromatic heterocycles. The molecule has 1 saturated carbocycles. The topological polar surface area (TPSA) is 23.8 Å². The maximum Gasteiger partial charge on any atom is 0.0631 e. The second-order valence-electron chi connectivity index (χ2n) is 5.58. The summed E-state index contributed by atoms with van der Waals surface area (Å²) in [7, 11) is 0. The summed E-state index contributed by atoms with van der Waals surface area (Å²) < 4.78 is 0. The molecule has 0 radical (unpaired) electrons. The molecule has 0 N–H and O–H groups in total. The highest BCUT2D eigenvalue weighted by Gasteiger charge is 2.36. The van der Waals surface area contributed by atoms with Crippen molar-refractivity contribution in [2.24, 2.45) is 0 Å². The van der Waals surface area contributed by atoms with Gasteiger partial charge in [0.05, 0.1) is 6.07 Å². The van der Waals surface area contributed by atoms with E-state index in [2.05, 4.69) is 39.0 Å². The molecule has 0 heterocycles. The Labute approximate surface area is 104 Å². The standard InChI is InChI=1S/C16H21N/c1-12-10-13(2)14(3)15(11-12)16(8-9-17)6-4-5-7-16/h10-11H,4-8H2,1-3H3. The van der Waals surface area contributed by atoms with Crippen molar-refractivity contribution in [1.82, 2.24) is 0 Å². The van der Waals surface area contributed by atoms with Gasteiger partial charge in [-0.15, -0.1) is 0 Å². The first-order valence-electron chi connectivity index (χ1n) is 6.54. The number of hydrogen-bond acceptors (Lipinski definition) is 1. The lowest BCUT2D eigenvalue weighted by molar-refractivity contribution is 0.448. The molecule has 17 heavy (non-hydrogen) atoms. The molecule has 90 valence electrons. The minimum Gasteiger partial charge on any atom is -0.198 e. The Hall–Kier alpha value is -1.29. The fraction of sp³-hybridized carbons (Fsp3) is 0.562. The van der Waals surface area contributed by atoms with Crippen LogP contribution in [0.2, 0.25) is 0 Å². The summed E-state index contributed by atoms with van der Waals surface area (Å²) in [4.78, 5) is 0. The summed E-state index contributed by atoms with van der Waals surface area (Å²) in [5.74, 6) is 0. The second-order valence-corrected chi connectivity index (χ2v) is 5.58. The average molecular weight is 227 g/mol. The third-order valence-corrected chi connectivity index (χ3v) is 4.36. The summed E-state index contributed by atoms with van der Waals surface area (Å²) >= 11 is 0. The van der Waals surface area contributed by atoms with Crippen molar-refractivity contribution in [1.29, 1.82) is 5.26 Å². The maximum absolute atomic E-state index is 9.13. The van der Waals surface area contributed by atoms with E-state index in [0.717, 1.165) is 0 Å². The third kappa shape index (κ3) is 2.09. The van der Waals surface area contributed by atoms with Gasteiger partial charge in [-0.1, -0.05) is 30.5 Å². The zero-order valence-electron chi connectivity index (χ0n) is 11.1. The Kier molecular flexibility index (Phi) is 3.24. The number of benzene rings is 1. The highest BCUT2D eigenvalue weighted by molar-refractivity contribution is 5.43. The first kappa shape index (κ1) is 12.2. The summed E-state index contributed by atoms with van der Waals surface area (Å²) in [6.07, 6.45) is 5.59. The van der Waals surface area contributed by atoms with Crippen LogP contribution < -0.4 is 0 Å². The molecule has 0 spiro atoms. The monoisotopic (exact) mass is 227 g/mol. The first-order chi connectivity index (χ1) is 8.09. The molecular formula is C16H21N. The van der Waals surface area contributed by atoms with Gasteiger partial charge in [-0.05, 0) is 50.3 Å². The Morgan fingerprint density at radius 1 is 1.18 bits per heavy atom. The lowest BCUT2D eigenvalue weighted by Gasteiger charge is -2.30. The average Bonchev–Trinajstić information content (AvgIpc) is 2.73. The minimum absolute atomic E-state index is 0.148. The molecule has 0 amide bonds. The van der Waals surface area contributed by atoms with Gasteiger partial charge in [0.15, 0.2) is 0 Å². The molecule has 2 rings (SSSR count). The molecule has 1 aliphatic rings. The van der Waals surface area contributed by atoms with E-state index in [-0.39, 0.29) is 5.41 Å². The van der Waals surface area contributed by atoms with Gasteiger partial charge >= 0.3 is 0 Å². The first-order valence-corrected chi connectivity index (χ1v) is 6.54. The summed E-state index contributed by atoms with van der Waals surface area (Å²) in [6.45, 7) is 6.55. The summed E-state index contributed by atoms with van der Waals surface area (Å²) in [5.41, 5.74) is 5.67. The second kappa shape index (κ2) is 4.53. The Bertz CT molecular complexity index is 459. The Morgan fingerprint density at radius 2 is 1.82 bits per heavy atom. The Morgan fingerprint density at radius 3 is 2.41 bits per heavy atom. The number of rotatable bonds is 2. The number of nitriles is 1. The van der Waals surface area contributed by atoms with Crippen LogP contribution >= 0.6 is 0 Å². The van der Waals surface area contributed by atoms with Gasteiger partial charge in [0.1, 0.15) is 0 Å². The van der Waals surface area contributed by atoms with Gasteiger partial charge in [0, 0.05) is 11.8 Å². The van der Waals surface area contributed by atoms with E-state index in [1.807, 2.05) is 0 Å². The fourth-order valence-electron chi connectivity index (χ4n) is 3.34. The van der Waals surface area contributed by atoms with Gasteiger partial charge in [-0.3, -0.25) is 0 Å². The van der Waals surface area contributed by atoms with E-state index in [1.54, 1.807) is 0 Å². The van der Waals surface area contributed by atoms with Crippen molar-refractivity contribution in [2.75, 3.05) is 0 Å². The van der Waals surface area contributed by atoms with Crippen LogP contribution in [0.5, 0.6) is 0 Å². The van der Waals surface area contributed by atoms with Crippen LogP contribution in [0.4, 0.5) is 0 Å². The van der Waals surface area contributed by atoms with E-state index >= 15 is 0 Å². The van der Waals surface area contributed by atoms with Crippen molar-refractivity contribution in [2.45, 2.75) is 58.3 Å². The SMILES string of the molecule is Cc1cc(C)c(C)c(C2(CC#N)CCCC2)c1. The maximum atomic E-state index is 9.13. The molecule has 1 aliphatic carbocycles. The van der Waals surface area contributed by atoms with Gasteiger partial charge < -0.3 is 0 Å². The minimum atomic E-state index is 0.148. The predicted molar refractivity (Wildman–Crippen MR) is 71.0 cm³/mol. The summed E-state index contributed by atoms with van der Waals surface area (Å²) in [5, 5.41) is 9.13. The smallest absolute Gasteiger partial charge is 0.0631 e. The van der Waals surface area contributed by atoms with Crippen LogP contribution in [0.1, 0.15) is 54.4 Å². The van der Waals surface area contributed by atoms with Crippen molar-refractivity contribution in [3.63, 3.8) is 0 Å². The summed E-state index contributed by atoms with van der Waals surface area (Å²) in [6, 6.07) is 6.97. The molecule has 1 nitrogen and oxygen atoms in total. The van der Waals surface area contributed by atoms with Gasteiger partial charge in [0.25, 0.3) is 0 Å². The quantitative estimate of drug-likeness (QED) is 0.737. The molecule has 1 heteroatoms. The molecule has 0 atom stereocenters. The van der Waals surface area contributed by atoms with Crippen molar-refractivity contribution in [3.8, 4) is 6.07 Å². The molecule has 1 fully saturated rings. The molecule has 0 saturated heterocycles. The number of aryl methyl sites for hydroxylation is 2. The highest BCUT2D eigenvalue weighted by atomic mass is 14.4. The molecule has 0 bridgehead atoms. The van der Waals surface area contributed by atoms with Gasteiger partial charge in [-0.2, -0.15) is 5.26 Å². The van der Waals surface area contributed by atoms with Crippen molar-refractivity contribution in [3.05, 3.63) is 34.4 Å². The molecular weight excluding hydrogens is 206 g/mol. The van der Waals surface area contributed by atoms with Crippen LogP contribution in [0.15, 0.2) is 12.1 Å². The van der Waals surface area contributed by atoms with Crippen LogP contribution in [0, 0.1) is 32.1 Å². The zero-order chi connectivity index (χ0) is 12.5. The predicted octanol–water partition coefficient (Wildman–Crippen LogP) is 4.34. The molecule has 1 aromatic rings. The molecule has 0 unspecified atom stereocenters. The largest absolute Gasteiger partial charge is 0.198 e. The lowest BCUT2D eigenvalue weighted by Crippen LogP contribution is -2.23. The van der Waals surface area contributed by atoms with E-state index in [1.165, 1.54) is 47.9 Å². The highest BCUT2D eigenvalue weighted by Crippen LogP contribution is 2.45. The van der Waals surface area contributed by atoms with E-state index in [0.29, 0.717) is 6.42 Å². The van der Waals surface area contributed by atoms with Crippen molar-refractivity contribution < 1.29 is 0 Å². The third-order valence-electron chi connectivity index (χ3n) is 4.36. The van der Waals surface area contributed by atoms with E-state index in [4.69, 9.17) is 5.26 Å². The van der Waals surface area contributed by atoms with E-state index < -0.39 is 0 Å². The van der Waals surface area contributed by atoms with Crippen LogP contribution in [-0.4, -0.2) is 0 Å². The van der Waals surface area contributed by atoms with Gasteiger partial charge in [0.2, 0.25) is 0 Å². The number of nitrogens with zero attached hydrogens (tertiary/aromatic N) is 1. The zero-order valence-corrected chi connectivity index (χ0v) is 11.1. The fourth-order valence-corrected chi connectivity index (χ4v) is 3.34. The van der Waals surface area contributed by atoms with E-state index in [9.17, 15) is 0 Å². The molecule has 1 aromatic carbocycles. The molecule has 0 aliphatic heterocycles. The lowest BCUT2D eigenvalue weighted by atomic mass is 9.73. The normalized spacial score (nSPS) is 18.0. The van der Waals surface area contributed by atoms with Crippen LogP contribution in [-0.2, 0) is 5.41 Å².